The largest absolute Gasteiger partial charge is 0.508 e. The van der Waals surface area contributed by atoms with Gasteiger partial charge in [-0.3, -0.25) is 4.79 Å². The van der Waals surface area contributed by atoms with Gasteiger partial charge in [-0.05, 0) is 48.7 Å². The Morgan fingerprint density at radius 2 is 1.89 bits per heavy atom. The maximum atomic E-state index is 13.4. The average molecular weight is 383 g/mol. The van der Waals surface area contributed by atoms with Gasteiger partial charge >= 0.3 is 6.03 Å². The molecule has 0 unspecified atom stereocenters. The van der Waals surface area contributed by atoms with E-state index in [9.17, 15) is 19.1 Å². The van der Waals surface area contributed by atoms with Crippen molar-refractivity contribution in [2.24, 2.45) is 0 Å². The Hall–Kier alpha value is -3.09. The molecule has 2 heterocycles. The molecule has 0 radical (unpaired) electrons. The number of ketones is 1. The van der Waals surface area contributed by atoms with Gasteiger partial charge in [0.2, 0.25) is 0 Å². The number of anilines is 1. The van der Waals surface area contributed by atoms with Crippen LogP contribution in [0.25, 0.3) is 0 Å². The number of hydrogen-bond acceptors (Lipinski definition) is 4. The topological polar surface area (TPSA) is 81.7 Å². The van der Waals surface area contributed by atoms with Crippen molar-refractivity contribution in [1.82, 2.24) is 10.2 Å². The summed E-state index contributed by atoms with van der Waals surface area (Å²) >= 11 is 0. The molecular formula is C21H22FN3O3. The van der Waals surface area contributed by atoms with E-state index in [1.54, 1.807) is 35.2 Å². The van der Waals surface area contributed by atoms with E-state index in [0.29, 0.717) is 50.1 Å². The zero-order chi connectivity index (χ0) is 19.7. The molecule has 4 rings (SSSR count). The highest BCUT2D eigenvalue weighted by Gasteiger charge is 2.41. The van der Waals surface area contributed by atoms with Crippen molar-refractivity contribution in [2.75, 3.05) is 18.4 Å². The van der Waals surface area contributed by atoms with Crippen molar-refractivity contribution in [3.05, 3.63) is 59.4 Å². The number of phenols is 1. The van der Waals surface area contributed by atoms with E-state index in [1.165, 1.54) is 12.1 Å². The third-order valence-corrected chi connectivity index (χ3v) is 5.57. The van der Waals surface area contributed by atoms with E-state index >= 15 is 0 Å². The first-order chi connectivity index (χ1) is 13.4. The van der Waals surface area contributed by atoms with Crippen LogP contribution < -0.4 is 10.6 Å². The fraction of sp³-hybridized carbons (Fsp3) is 0.333. The first kappa shape index (κ1) is 18.3. The van der Waals surface area contributed by atoms with Crippen LogP contribution in [0.2, 0.25) is 0 Å². The SMILES string of the molecule is O=C1CC2(CCN(C(=O)NCc3ccc(O)cc3)CC2)Nc2ccc(F)cc21. The number of urea groups is 1. The molecule has 3 N–H and O–H groups in total. The number of piperidine rings is 1. The summed E-state index contributed by atoms with van der Waals surface area (Å²) in [5, 5.41) is 15.6. The number of fused-ring (bicyclic) bond motifs is 1. The van der Waals surface area contributed by atoms with Gasteiger partial charge in [0.25, 0.3) is 0 Å². The summed E-state index contributed by atoms with van der Waals surface area (Å²) in [4.78, 5) is 26.7. The number of aromatic hydroxyl groups is 1. The highest BCUT2D eigenvalue weighted by atomic mass is 19.1. The monoisotopic (exact) mass is 383 g/mol. The second-order valence-corrected chi connectivity index (χ2v) is 7.51. The minimum Gasteiger partial charge on any atom is -0.508 e. The maximum Gasteiger partial charge on any atom is 0.317 e. The lowest BCUT2D eigenvalue weighted by atomic mass is 9.78. The molecule has 1 spiro atoms. The molecule has 0 aromatic heterocycles. The van der Waals surface area contributed by atoms with Crippen molar-refractivity contribution < 1.29 is 19.1 Å². The molecule has 0 bridgehead atoms. The summed E-state index contributed by atoms with van der Waals surface area (Å²) in [5.74, 6) is -0.279. The minimum absolute atomic E-state index is 0.0570. The van der Waals surface area contributed by atoms with Crippen LogP contribution in [0.5, 0.6) is 5.75 Å². The Kier molecular flexibility index (Phi) is 4.66. The molecule has 146 valence electrons. The van der Waals surface area contributed by atoms with Gasteiger partial charge in [0, 0.05) is 42.8 Å². The molecule has 2 aromatic rings. The average Bonchev–Trinajstić information content (AvgIpc) is 2.69. The van der Waals surface area contributed by atoms with E-state index in [1.807, 2.05) is 0 Å². The van der Waals surface area contributed by atoms with Crippen LogP contribution >= 0.6 is 0 Å². The second-order valence-electron chi connectivity index (χ2n) is 7.51. The second kappa shape index (κ2) is 7.14. The number of likely N-dealkylation sites (tertiary alicyclic amines) is 1. The van der Waals surface area contributed by atoms with Gasteiger partial charge < -0.3 is 20.6 Å². The Morgan fingerprint density at radius 1 is 1.18 bits per heavy atom. The number of phenolic OH excluding ortho intramolecular Hbond substituents is 1. The van der Waals surface area contributed by atoms with Gasteiger partial charge in [0.05, 0.1) is 0 Å². The third kappa shape index (κ3) is 3.65. The molecule has 2 aliphatic heterocycles. The van der Waals surface area contributed by atoms with Crippen LogP contribution in [0, 0.1) is 5.82 Å². The van der Waals surface area contributed by atoms with Crippen LogP contribution in [0.3, 0.4) is 0 Å². The predicted octanol–water partition coefficient (Wildman–Crippen LogP) is 3.27. The van der Waals surface area contributed by atoms with Gasteiger partial charge in [-0.25, -0.2) is 9.18 Å². The molecule has 28 heavy (non-hydrogen) atoms. The summed E-state index contributed by atoms with van der Waals surface area (Å²) in [6, 6.07) is 10.8. The number of carbonyl (C=O) groups is 2. The number of Topliss-reactive ketones (excluding diaryl/α,β-unsaturated/α-hetero) is 1. The minimum atomic E-state index is -0.412. The molecule has 1 fully saturated rings. The Balaban J connectivity index is 1.35. The summed E-state index contributed by atoms with van der Waals surface area (Å²) in [6.45, 7) is 1.47. The normalized spacial score (nSPS) is 17.8. The number of nitrogens with one attached hydrogen (secondary N) is 2. The Bertz CT molecular complexity index is 906. The molecular weight excluding hydrogens is 361 g/mol. The van der Waals surface area contributed by atoms with Gasteiger partial charge in [0.15, 0.2) is 5.78 Å². The molecule has 1 saturated heterocycles. The zero-order valence-electron chi connectivity index (χ0n) is 15.4. The predicted molar refractivity (Wildman–Crippen MR) is 103 cm³/mol. The van der Waals surface area contributed by atoms with E-state index in [2.05, 4.69) is 10.6 Å². The maximum absolute atomic E-state index is 13.4. The number of nitrogens with zero attached hydrogens (tertiary/aromatic N) is 1. The lowest BCUT2D eigenvalue weighted by molar-refractivity contribution is 0.0915. The fourth-order valence-electron chi connectivity index (χ4n) is 3.93. The Labute approximate surface area is 162 Å². The van der Waals surface area contributed by atoms with Gasteiger partial charge in [0.1, 0.15) is 11.6 Å². The third-order valence-electron chi connectivity index (χ3n) is 5.57. The van der Waals surface area contributed by atoms with Crippen LogP contribution in [0.1, 0.15) is 35.2 Å². The smallest absolute Gasteiger partial charge is 0.317 e. The fourth-order valence-corrected chi connectivity index (χ4v) is 3.93. The van der Waals surface area contributed by atoms with Crippen molar-refractivity contribution in [1.29, 1.82) is 0 Å². The summed E-state index contributed by atoms with van der Waals surface area (Å²) in [5.41, 5.74) is 1.60. The van der Waals surface area contributed by atoms with Crippen LogP contribution in [-0.4, -0.2) is 40.4 Å². The number of amides is 2. The number of halogens is 1. The number of hydrogen-bond donors (Lipinski definition) is 3. The molecule has 0 saturated carbocycles. The number of rotatable bonds is 2. The molecule has 2 aliphatic rings. The summed E-state index contributed by atoms with van der Waals surface area (Å²) < 4.78 is 13.4. The summed E-state index contributed by atoms with van der Waals surface area (Å²) in [6.07, 6.45) is 1.62. The highest BCUT2D eigenvalue weighted by molar-refractivity contribution is 6.04. The van der Waals surface area contributed by atoms with E-state index in [4.69, 9.17) is 0 Å². The van der Waals surface area contributed by atoms with Crippen molar-refractivity contribution in [3.8, 4) is 5.75 Å². The van der Waals surface area contributed by atoms with Crippen molar-refractivity contribution >= 4 is 17.5 Å². The molecule has 6 nitrogen and oxygen atoms in total. The standard InChI is InChI=1S/C21H22FN3O3/c22-15-3-6-18-17(11-15)19(27)12-21(24-18)7-9-25(10-8-21)20(28)23-13-14-1-4-16(26)5-2-14/h1-6,11,24,26H,7-10,12-13H2,(H,23,28). The lowest BCUT2D eigenvalue weighted by Crippen LogP contribution is -2.55. The van der Waals surface area contributed by atoms with Gasteiger partial charge in [-0.15, -0.1) is 0 Å². The van der Waals surface area contributed by atoms with Gasteiger partial charge in [-0.2, -0.15) is 0 Å². The molecule has 2 aromatic carbocycles. The first-order valence-electron chi connectivity index (χ1n) is 9.36. The van der Waals surface area contributed by atoms with E-state index in [-0.39, 0.29) is 23.1 Å². The molecule has 0 aliphatic carbocycles. The molecule has 0 atom stereocenters. The van der Waals surface area contributed by atoms with Crippen molar-refractivity contribution in [2.45, 2.75) is 31.3 Å². The molecule has 2 amide bonds. The van der Waals surface area contributed by atoms with Crippen LogP contribution in [-0.2, 0) is 6.54 Å². The van der Waals surface area contributed by atoms with Crippen molar-refractivity contribution in [3.63, 3.8) is 0 Å². The van der Waals surface area contributed by atoms with Crippen LogP contribution in [0.15, 0.2) is 42.5 Å². The molecule has 7 heteroatoms. The van der Waals surface area contributed by atoms with E-state index in [0.717, 1.165) is 5.56 Å². The number of carbonyl (C=O) groups excluding carboxylic acids is 2. The van der Waals surface area contributed by atoms with E-state index < -0.39 is 5.82 Å². The highest BCUT2D eigenvalue weighted by Crippen LogP contribution is 2.37. The van der Waals surface area contributed by atoms with Gasteiger partial charge in [-0.1, -0.05) is 12.1 Å². The summed E-state index contributed by atoms with van der Waals surface area (Å²) in [7, 11) is 0. The zero-order valence-corrected chi connectivity index (χ0v) is 15.4. The Morgan fingerprint density at radius 3 is 2.61 bits per heavy atom. The number of benzene rings is 2. The lowest BCUT2D eigenvalue weighted by Gasteiger charge is -2.45. The first-order valence-corrected chi connectivity index (χ1v) is 9.36. The quantitative estimate of drug-likeness (QED) is 0.743. The van der Waals surface area contributed by atoms with Crippen LogP contribution in [0.4, 0.5) is 14.9 Å².